The number of anilines is 1. The van der Waals surface area contributed by atoms with E-state index in [0.717, 1.165) is 5.69 Å². The van der Waals surface area contributed by atoms with Crippen molar-refractivity contribution in [2.75, 3.05) is 5.32 Å². The van der Waals surface area contributed by atoms with Gasteiger partial charge in [0.2, 0.25) is 0 Å². The van der Waals surface area contributed by atoms with E-state index >= 15 is 0 Å². The first-order valence-corrected chi connectivity index (χ1v) is 4.21. The Balaban J connectivity index is 2.62. The number of para-hydroxylation sites is 1. The summed E-state index contributed by atoms with van der Waals surface area (Å²) in [6, 6.07) is 10.4. The van der Waals surface area contributed by atoms with E-state index in [9.17, 15) is 0 Å². The van der Waals surface area contributed by atoms with Crippen molar-refractivity contribution in [2.24, 2.45) is 10.9 Å². The van der Waals surface area contributed by atoms with Crippen molar-refractivity contribution in [1.82, 2.24) is 0 Å². The number of benzene rings is 1. The van der Waals surface area contributed by atoms with Gasteiger partial charge in [0, 0.05) is 11.1 Å². The molecule has 0 saturated heterocycles. The van der Waals surface area contributed by atoms with Gasteiger partial charge in [-0.2, -0.15) is 5.10 Å². The summed E-state index contributed by atoms with van der Waals surface area (Å²) in [5.41, 5.74) is 0.957. The van der Waals surface area contributed by atoms with E-state index in [4.69, 9.17) is 18.1 Å². The Morgan fingerprint density at radius 2 is 2.08 bits per heavy atom. The van der Waals surface area contributed by atoms with E-state index < -0.39 is 0 Å². The number of nitrogens with zero attached hydrogens (tertiary/aromatic N) is 1. The summed E-state index contributed by atoms with van der Waals surface area (Å²) in [7, 11) is 0. The molecule has 67 valence electrons. The van der Waals surface area contributed by atoms with Crippen molar-refractivity contribution in [3.63, 3.8) is 0 Å². The van der Waals surface area contributed by atoms with Crippen LogP contribution in [0.15, 0.2) is 35.4 Å². The van der Waals surface area contributed by atoms with Crippen molar-refractivity contribution in [3.05, 3.63) is 36.4 Å². The van der Waals surface area contributed by atoms with Crippen LogP contribution in [0.25, 0.3) is 0 Å². The Labute approximate surface area is 82.6 Å². The molecule has 3 N–H and O–H groups in total. The van der Waals surface area contributed by atoms with Crippen LogP contribution >= 0.6 is 12.2 Å². The molecule has 0 aromatic heterocycles. The maximum Gasteiger partial charge on any atom is 0.136 e. The molecule has 1 aromatic rings. The number of nitrogens with two attached hydrogens (primary N) is 1. The zero-order valence-corrected chi connectivity index (χ0v) is 7.79. The van der Waals surface area contributed by atoms with Gasteiger partial charge in [-0.3, -0.25) is 0 Å². The summed E-state index contributed by atoms with van der Waals surface area (Å²) in [6.45, 7) is 0. The highest BCUT2D eigenvalue weighted by molar-refractivity contribution is 7.79. The van der Waals surface area contributed by atoms with Crippen LogP contribution in [0.3, 0.4) is 0 Å². The Morgan fingerprint density at radius 1 is 1.38 bits per heavy atom. The van der Waals surface area contributed by atoms with Gasteiger partial charge in [0.25, 0.3) is 0 Å². The molecule has 13 heavy (non-hydrogen) atoms. The number of hydrogen-bond donors (Lipinski definition) is 2. The smallest absolute Gasteiger partial charge is 0.136 e. The van der Waals surface area contributed by atoms with Gasteiger partial charge in [-0.1, -0.05) is 30.4 Å². The lowest BCUT2D eigenvalue weighted by Crippen LogP contribution is -2.12. The number of hydrogen-bond acceptors (Lipinski definition) is 4. The van der Waals surface area contributed by atoms with Crippen LogP contribution in [-0.4, -0.2) is 11.6 Å². The summed E-state index contributed by atoms with van der Waals surface area (Å²) in [5, 5.41) is 7.93. The first kappa shape index (κ1) is 9.67. The Hall–Kier alpha value is -1.42. The van der Waals surface area contributed by atoms with Gasteiger partial charge in [0.15, 0.2) is 0 Å². The predicted octanol–water partition coefficient (Wildman–Crippen LogP) is 1.57. The Morgan fingerprint density at radius 3 is 2.62 bits per heavy atom. The maximum absolute atomic E-state index is 5.00. The van der Waals surface area contributed by atoms with Crippen LogP contribution < -0.4 is 11.2 Å². The van der Waals surface area contributed by atoms with Crippen molar-refractivity contribution in [2.45, 2.75) is 0 Å². The molecule has 0 atom stereocenters. The fourth-order valence-corrected chi connectivity index (χ4v) is 0.980. The number of thiocarbonyl (C=S) groups is 1. The summed E-state index contributed by atoms with van der Waals surface area (Å²) in [5.74, 6) is 5.00. The van der Waals surface area contributed by atoms with Gasteiger partial charge in [-0.15, -0.1) is 0 Å². The topological polar surface area (TPSA) is 50.4 Å². The fraction of sp³-hybridized carbons (Fsp3) is 0. The monoisotopic (exact) mass is 192 g/mol. The molecule has 0 saturated carbocycles. The second-order valence-corrected chi connectivity index (χ2v) is 2.58. The van der Waals surface area contributed by atoms with Crippen LogP contribution in [0.1, 0.15) is 0 Å². The van der Waals surface area contributed by atoms with Gasteiger partial charge < -0.3 is 11.2 Å². The average molecular weight is 192 g/mol. The summed E-state index contributed by atoms with van der Waals surface area (Å²) < 4.78 is 0. The summed E-state index contributed by atoms with van der Waals surface area (Å²) in [4.78, 5) is 0. The molecule has 0 aliphatic rings. The standard InChI is InChI=1S/C9H10N3S/c10-11-6-9(7-13)12-8-4-2-1-3-5-8/h1-7,12H,10H2. The molecular weight excluding hydrogens is 182 g/mol. The van der Waals surface area contributed by atoms with Gasteiger partial charge >= 0.3 is 0 Å². The van der Waals surface area contributed by atoms with Gasteiger partial charge in [-0.25, -0.2) is 0 Å². The maximum atomic E-state index is 5.00. The highest BCUT2D eigenvalue weighted by atomic mass is 32.1. The van der Waals surface area contributed by atoms with Crippen LogP contribution in [0.5, 0.6) is 0 Å². The molecule has 0 amide bonds. The molecule has 0 spiro atoms. The van der Waals surface area contributed by atoms with Crippen molar-refractivity contribution < 1.29 is 0 Å². The number of rotatable bonds is 4. The normalized spacial score (nSPS) is 10.5. The van der Waals surface area contributed by atoms with Crippen LogP contribution in [0.2, 0.25) is 0 Å². The van der Waals surface area contributed by atoms with E-state index in [1.165, 1.54) is 11.6 Å². The Bertz CT molecular complexity index is 284. The molecule has 1 aromatic carbocycles. The third-order valence-corrected chi connectivity index (χ3v) is 1.66. The quantitative estimate of drug-likeness (QED) is 0.329. The van der Waals surface area contributed by atoms with Crippen molar-refractivity contribution in [3.8, 4) is 0 Å². The zero-order chi connectivity index (χ0) is 9.52. The molecule has 4 heteroatoms. The highest BCUT2D eigenvalue weighted by Crippen LogP contribution is 2.08. The van der Waals surface area contributed by atoms with Crippen LogP contribution in [0, 0.1) is 6.04 Å². The van der Waals surface area contributed by atoms with Crippen LogP contribution in [-0.2, 0) is 0 Å². The molecule has 0 fully saturated rings. The van der Waals surface area contributed by atoms with Crippen molar-refractivity contribution >= 4 is 29.5 Å². The first-order valence-electron chi connectivity index (χ1n) is 3.74. The molecule has 0 aliphatic heterocycles. The van der Waals surface area contributed by atoms with E-state index in [0.29, 0.717) is 6.04 Å². The van der Waals surface area contributed by atoms with E-state index in [2.05, 4.69) is 10.4 Å². The minimum absolute atomic E-state index is 0.698. The second kappa shape index (κ2) is 5.27. The summed E-state index contributed by atoms with van der Waals surface area (Å²) in [6.07, 6.45) is 1.47. The van der Waals surface area contributed by atoms with Crippen molar-refractivity contribution in [1.29, 1.82) is 0 Å². The molecule has 0 unspecified atom stereocenters. The fourth-order valence-electron chi connectivity index (χ4n) is 0.861. The van der Waals surface area contributed by atoms with Crippen LogP contribution in [0.4, 0.5) is 5.69 Å². The van der Waals surface area contributed by atoms with Gasteiger partial charge in [0.1, 0.15) is 6.04 Å². The Kier molecular flexibility index (Phi) is 3.92. The molecule has 1 radical (unpaired) electrons. The summed E-state index contributed by atoms with van der Waals surface area (Å²) >= 11 is 4.77. The molecule has 1 rings (SSSR count). The number of nitrogens with one attached hydrogen (secondary N) is 1. The third kappa shape index (κ3) is 3.21. The lowest BCUT2D eigenvalue weighted by molar-refractivity contribution is 1.25. The molecule has 0 aliphatic carbocycles. The largest absolute Gasteiger partial charge is 0.368 e. The lowest BCUT2D eigenvalue weighted by Gasteiger charge is -2.08. The van der Waals surface area contributed by atoms with E-state index in [1.807, 2.05) is 30.3 Å². The second-order valence-electron chi connectivity index (χ2n) is 2.34. The molecule has 0 heterocycles. The molecule has 3 nitrogen and oxygen atoms in total. The van der Waals surface area contributed by atoms with E-state index in [1.54, 1.807) is 0 Å². The van der Waals surface area contributed by atoms with Gasteiger partial charge in [-0.05, 0) is 12.1 Å². The first-order chi connectivity index (χ1) is 6.36. The minimum Gasteiger partial charge on any atom is -0.368 e. The predicted molar refractivity (Wildman–Crippen MR) is 59.6 cm³/mol. The zero-order valence-electron chi connectivity index (χ0n) is 6.97. The average Bonchev–Trinajstić information content (AvgIpc) is 2.19. The highest BCUT2D eigenvalue weighted by Gasteiger charge is 2.00. The van der Waals surface area contributed by atoms with Gasteiger partial charge in [0.05, 0.1) is 6.21 Å². The lowest BCUT2D eigenvalue weighted by atomic mass is 10.3. The molecule has 0 bridgehead atoms. The number of hydrazone groups is 1. The SMILES string of the molecule is NN=C[C](C=S)Nc1ccccc1. The minimum atomic E-state index is 0.698. The third-order valence-electron chi connectivity index (χ3n) is 1.40. The van der Waals surface area contributed by atoms with E-state index in [-0.39, 0.29) is 0 Å². The molecular formula is C9H10N3S.